The fraction of sp³-hybridized carbons (Fsp3) is 0.333. The van der Waals surface area contributed by atoms with Crippen molar-refractivity contribution in [2.24, 2.45) is 0 Å². The highest BCUT2D eigenvalue weighted by Crippen LogP contribution is 2.38. The molecule has 0 N–H and O–H groups in total. The van der Waals surface area contributed by atoms with Crippen molar-refractivity contribution in [2.45, 2.75) is 26.8 Å². The zero-order valence-corrected chi connectivity index (χ0v) is 19.3. The Balaban J connectivity index is 1.89. The van der Waals surface area contributed by atoms with Crippen LogP contribution < -0.4 is 5.43 Å². The fourth-order valence-electron chi connectivity index (χ4n) is 4.15. The monoisotopic (exact) mass is 458 g/mol. The summed E-state index contributed by atoms with van der Waals surface area (Å²) in [7, 11) is 0. The maximum absolute atomic E-state index is 13.5. The van der Waals surface area contributed by atoms with E-state index in [2.05, 4.69) is 18.7 Å². The molecule has 0 saturated carbocycles. The Morgan fingerprint density at radius 1 is 1.06 bits per heavy atom. The number of carbonyl (C=O) groups excluding carboxylic acids is 1. The normalized spacial score (nSPS) is 15.9. The third-order valence-corrected chi connectivity index (χ3v) is 6.64. The Kier molecular flexibility index (Phi) is 6.11. The van der Waals surface area contributed by atoms with Gasteiger partial charge in [-0.15, -0.1) is 0 Å². The minimum absolute atomic E-state index is 0.110. The lowest BCUT2D eigenvalue weighted by Crippen LogP contribution is -2.37. The summed E-state index contributed by atoms with van der Waals surface area (Å²) in [6.45, 7) is 8.97. The smallest absolute Gasteiger partial charge is 0.290 e. The Labute approximate surface area is 191 Å². The van der Waals surface area contributed by atoms with Crippen LogP contribution in [0.1, 0.15) is 47.1 Å². The summed E-state index contributed by atoms with van der Waals surface area (Å²) in [6, 6.07) is 10.0. The summed E-state index contributed by atoms with van der Waals surface area (Å²) >= 11 is 12.4. The number of nitrogens with zero attached hydrogens (tertiary/aromatic N) is 2. The Bertz CT molecular complexity index is 1200. The second kappa shape index (κ2) is 8.65. The molecule has 1 aromatic heterocycles. The van der Waals surface area contributed by atoms with Crippen LogP contribution in [0.25, 0.3) is 11.0 Å². The first-order valence-electron chi connectivity index (χ1n) is 10.4. The zero-order chi connectivity index (χ0) is 22.3. The largest absolute Gasteiger partial charge is 0.450 e. The van der Waals surface area contributed by atoms with Crippen LogP contribution in [0.5, 0.6) is 0 Å². The van der Waals surface area contributed by atoms with Gasteiger partial charge >= 0.3 is 0 Å². The van der Waals surface area contributed by atoms with Gasteiger partial charge in [-0.05, 0) is 55.4 Å². The van der Waals surface area contributed by atoms with E-state index in [0.29, 0.717) is 39.7 Å². The quantitative estimate of drug-likeness (QED) is 0.503. The lowest BCUT2D eigenvalue weighted by atomic mass is 9.98. The van der Waals surface area contributed by atoms with E-state index in [1.807, 2.05) is 19.1 Å². The van der Waals surface area contributed by atoms with Gasteiger partial charge in [0.05, 0.1) is 17.0 Å². The molecule has 5 nitrogen and oxygen atoms in total. The number of fused-ring (bicyclic) bond motifs is 2. The van der Waals surface area contributed by atoms with Crippen LogP contribution in [-0.2, 0) is 0 Å². The molecule has 0 bridgehead atoms. The number of carbonyl (C=O) groups is 1. The molecule has 31 heavy (non-hydrogen) atoms. The van der Waals surface area contributed by atoms with Crippen molar-refractivity contribution < 1.29 is 9.21 Å². The summed E-state index contributed by atoms with van der Waals surface area (Å²) in [4.78, 5) is 30.9. The summed E-state index contributed by atoms with van der Waals surface area (Å²) in [5.74, 6) is -0.160. The first-order chi connectivity index (χ1) is 14.8. The molecule has 4 rings (SSSR count). The van der Waals surface area contributed by atoms with Gasteiger partial charge in [0.15, 0.2) is 5.43 Å². The van der Waals surface area contributed by atoms with Crippen LogP contribution in [0.15, 0.2) is 45.6 Å². The second-order valence-corrected chi connectivity index (χ2v) is 8.59. The van der Waals surface area contributed by atoms with E-state index >= 15 is 0 Å². The molecule has 0 radical (unpaired) electrons. The third kappa shape index (κ3) is 3.86. The van der Waals surface area contributed by atoms with Gasteiger partial charge in [-0.2, -0.15) is 0 Å². The molecule has 0 aliphatic carbocycles. The molecule has 2 aromatic carbocycles. The molecule has 0 spiro atoms. The van der Waals surface area contributed by atoms with Crippen molar-refractivity contribution in [3.63, 3.8) is 0 Å². The van der Waals surface area contributed by atoms with E-state index in [4.69, 9.17) is 27.6 Å². The highest BCUT2D eigenvalue weighted by molar-refractivity contribution is 6.32. The summed E-state index contributed by atoms with van der Waals surface area (Å²) < 4.78 is 6.01. The van der Waals surface area contributed by atoms with Crippen LogP contribution in [0.4, 0.5) is 0 Å². The highest BCUT2D eigenvalue weighted by atomic mass is 35.5. The molecule has 3 aromatic rings. The SMILES string of the molecule is CCN(CC)CCN1C(=O)c2oc3cc(C)c(Cl)cc3c(=O)c2C1c1ccc(Cl)cc1. The van der Waals surface area contributed by atoms with Crippen molar-refractivity contribution in [1.29, 1.82) is 0 Å². The predicted molar refractivity (Wildman–Crippen MR) is 124 cm³/mol. The van der Waals surface area contributed by atoms with Crippen LogP contribution in [0.3, 0.4) is 0 Å². The molecule has 0 fully saturated rings. The lowest BCUT2D eigenvalue weighted by molar-refractivity contribution is 0.0708. The molecule has 1 amide bonds. The van der Waals surface area contributed by atoms with Crippen LogP contribution in [0.2, 0.25) is 10.0 Å². The fourth-order valence-corrected chi connectivity index (χ4v) is 4.44. The number of rotatable bonds is 6. The first-order valence-corrected chi connectivity index (χ1v) is 11.2. The third-order valence-electron chi connectivity index (χ3n) is 5.98. The van der Waals surface area contributed by atoms with E-state index < -0.39 is 6.04 Å². The molecule has 0 saturated heterocycles. The molecule has 2 heterocycles. The maximum Gasteiger partial charge on any atom is 0.290 e. The average molecular weight is 459 g/mol. The van der Waals surface area contributed by atoms with Gasteiger partial charge in [0.1, 0.15) is 5.58 Å². The molecule has 162 valence electrons. The van der Waals surface area contributed by atoms with Crippen molar-refractivity contribution in [2.75, 3.05) is 26.2 Å². The standard InChI is InChI=1S/C24H24Cl2N2O3/c1-4-27(5-2)10-11-28-21(15-6-8-16(25)9-7-15)20-22(29)17-13-18(26)14(3)12-19(17)31-23(20)24(28)30/h6-9,12-13,21H,4-5,10-11H2,1-3H3. The number of benzene rings is 2. The average Bonchev–Trinajstić information content (AvgIpc) is 3.03. The summed E-state index contributed by atoms with van der Waals surface area (Å²) in [6.07, 6.45) is 0. The van der Waals surface area contributed by atoms with Crippen LogP contribution in [0, 0.1) is 6.92 Å². The van der Waals surface area contributed by atoms with Gasteiger partial charge < -0.3 is 14.2 Å². The molecule has 1 unspecified atom stereocenters. The molecular weight excluding hydrogens is 435 g/mol. The lowest BCUT2D eigenvalue weighted by Gasteiger charge is -2.28. The van der Waals surface area contributed by atoms with Crippen LogP contribution in [-0.4, -0.2) is 41.9 Å². The van der Waals surface area contributed by atoms with Gasteiger partial charge in [0.2, 0.25) is 5.76 Å². The van der Waals surface area contributed by atoms with E-state index in [0.717, 1.165) is 24.2 Å². The van der Waals surface area contributed by atoms with Crippen LogP contribution >= 0.6 is 23.2 Å². The first kappa shape index (κ1) is 21.9. The second-order valence-electron chi connectivity index (χ2n) is 7.75. The maximum atomic E-state index is 13.5. The van der Waals surface area contributed by atoms with Gasteiger partial charge in [-0.1, -0.05) is 49.2 Å². The van der Waals surface area contributed by atoms with Crippen molar-refractivity contribution in [1.82, 2.24) is 9.80 Å². The number of likely N-dealkylation sites (N-methyl/N-ethyl adjacent to an activating group) is 1. The zero-order valence-electron chi connectivity index (χ0n) is 17.7. The molecule has 7 heteroatoms. The Morgan fingerprint density at radius 3 is 2.39 bits per heavy atom. The molecular formula is C24H24Cl2N2O3. The minimum Gasteiger partial charge on any atom is -0.450 e. The van der Waals surface area contributed by atoms with E-state index in [9.17, 15) is 9.59 Å². The van der Waals surface area contributed by atoms with Crippen molar-refractivity contribution >= 4 is 40.1 Å². The van der Waals surface area contributed by atoms with E-state index in [1.54, 1.807) is 29.2 Å². The summed E-state index contributed by atoms with van der Waals surface area (Å²) in [5.41, 5.74) is 2.12. The van der Waals surface area contributed by atoms with Gasteiger partial charge in [0.25, 0.3) is 5.91 Å². The topological polar surface area (TPSA) is 53.8 Å². The number of halogens is 2. The summed E-state index contributed by atoms with van der Waals surface area (Å²) in [5, 5.41) is 1.47. The van der Waals surface area contributed by atoms with E-state index in [1.165, 1.54) is 0 Å². The highest BCUT2D eigenvalue weighted by Gasteiger charge is 2.42. The molecule has 1 atom stereocenters. The van der Waals surface area contributed by atoms with E-state index in [-0.39, 0.29) is 17.1 Å². The Morgan fingerprint density at radius 2 is 1.74 bits per heavy atom. The number of amides is 1. The minimum atomic E-state index is -0.531. The van der Waals surface area contributed by atoms with Gasteiger partial charge in [-0.25, -0.2) is 0 Å². The van der Waals surface area contributed by atoms with Gasteiger partial charge in [-0.3, -0.25) is 9.59 Å². The predicted octanol–water partition coefficient (Wildman–Crippen LogP) is 5.30. The number of hydrogen-bond donors (Lipinski definition) is 0. The number of aryl methyl sites for hydroxylation is 1. The van der Waals surface area contributed by atoms with Crippen molar-refractivity contribution in [3.8, 4) is 0 Å². The Hall–Kier alpha value is -2.34. The van der Waals surface area contributed by atoms with Gasteiger partial charge in [0, 0.05) is 23.1 Å². The molecule has 1 aliphatic heterocycles. The number of hydrogen-bond acceptors (Lipinski definition) is 4. The molecule has 1 aliphatic rings. The van der Waals surface area contributed by atoms with Crippen molar-refractivity contribution in [3.05, 3.63) is 79.1 Å².